The van der Waals surface area contributed by atoms with Crippen molar-refractivity contribution in [2.24, 2.45) is 0 Å². The Labute approximate surface area is 182 Å². The predicted octanol–water partition coefficient (Wildman–Crippen LogP) is 3.87. The van der Waals surface area contributed by atoms with E-state index in [-0.39, 0.29) is 23.3 Å². The quantitative estimate of drug-likeness (QED) is 0.352. The third-order valence-electron chi connectivity index (χ3n) is 4.61. The fourth-order valence-electron chi connectivity index (χ4n) is 3.18. The van der Waals surface area contributed by atoms with Crippen LogP contribution in [0.25, 0.3) is 10.9 Å². The second-order valence-corrected chi connectivity index (χ2v) is 8.40. The lowest BCUT2D eigenvalue weighted by Crippen LogP contribution is -2.31. The Hall–Kier alpha value is -2.97. The van der Waals surface area contributed by atoms with Gasteiger partial charge in [0.1, 0.15) is 11.0 Å². The van der Waals surface area contributed by atoms with Crippen LogP contribution in [0.4, 0.5) is 0 Å². The van der Waals surface area contributed by atoms with Gasteiger partial charge in [0.05, 0.1) is 16.7 Å². The molecule has 0 aliphatic heterocycles. The van der Waals surface area contributed by atoms with Gasteiger partial charge in [-0.1, -0.05) is 54.2 Å². The molecule has 0 radical (unpaired) electrons. The predicted molar refractivity (Wildman–Crippen MR) is 121 cm³/mol. The van der Waals surface area contributed by atoms with Crippen LogP contribution in [-0.2, 0) is 11.3 Å². The van der Waals surface area contributed by atoms with Crippen LogP contribution >= 0.6 is 23.1 Å². The van der Waals surface area contributed by atoms with Crippen molar-refractivity contribution in [1.82, 2.24) is 19.9 Å². The highest BCUT2D eigenvalue weighted by Gasteiger charge is 2.20. The number of hydrogen-bond acceptors (Lipinski definition) is 6. The van der Waals surface area contributed by atoms with E-state index in [4.69, 9.17) is 0 Å². The number of aromatic nitrogens is 3. The van der Waals surface area contributed by atoms with E-state index in [9.17, 15) is 9.59 Å². The van der Waals surface area contributed by atoms with Gasteiger partial charge in [0.25, 0.3) is 5.56 Å². The molecule has 8 heteroatoms. The Balaban J connectivity index is 1.54. The molecular weight excluding hydrogens is 416 g/mol. The Kier molecular flexibility index (Phi) is 6.25. The monoisotopic (exact) mass is 436 g/mol. The highest BCUT2D eigenvalue weighted by atomic mass is 32.2. The number of benzene rings is 2. The molecule has 6 nitrogen and oxygen atoms in total. The molecule has 2 heterocycles. The molecule has 0 bridgehead atoms. The molecule has 0 saturated heterocycles. The molecule has 0 saturated carbocycles. The molecule has 4 rings (SSSR count). The average Bonchev–Trinajstić information content (AvgIpc) is 3.31. The van der Waals surface area contributed by atoms with Crippen LogP contribution in [0.5, 0.6) is 0 Å². The number of fused-ring (bicyclic) bond motifs is 1. The fourth-order valence-corrected chi connectivity index (χ4v) is 4.77. The maximum absolute atomic E-state index is 12.8. The van der Waals surface area contributed by atoms with E-state index >= 15 is 0 Å². The lowest BCUT2D eigenvalue weighted by atomic mass is 10.1. The van der Waals surface area contributed by atoms with Gasteiger partial charge in [-0.2, -0.15) is 0 Å². The minimum atomic E-state index is -0.308. The highest BCUT2D eigenvalue weighted by Crippen LogP contribution is 2.24. The van der Waals surface area contributed by atoms with E-state index in [1.165, 1.54) is 23.1 Å². The molecule has 1 N–H and O–H groups in total. The van der Waals surface area contributed by atoms with Crippen molar-refractivity contribution in [3.63, 3.8) is 0 Å². The Morgan fingerprint density at radius 2 is 1.93 bits per heavy atom. The largest absolute Gasteiger partial charge is 0.342 e. The molecule has 0 fully saturated rings. The summed E-state index contributed by atoms with van der Waals surface area (Å²) in [6.45, 7) is 2.39. The van der Waals surface area contributed by atoms with Crippen LogP contribution in [0, 0.1) is 0 Å². The number of amides is 1. The molecule has 1 amide bonds. The number of thioether (sulfide) groups is 1. The van der Waals surface area contributed by atoms with Gasteiger partial charge in [0, 0.05) is 18.1 Å². The molecule has 1 atom stereocenters. The van der Waals surface area contributed by atoms with Gasteiger partial charge < -0.3 is 5.32 Å². The van der Waals surface area contributed by atoms with E-state index in [0.29, 0.717) is 22.6 Å². The zero-order chi connectivity index (χ0) is 20.9. The van der Waals surface area contributed by atoms with Gasteiger partial charge >= 0.3 is 0 Å². The van der Waals surface area contributed by atoms with Gasteiger partial charge in [0.2, 0.25) is 5.91 Å². The van der Waals surface area contributed by atoms with E-state index < -0.39 is 0 Å². The summed E-state index contributed by atoms with van der Waals surface area (Å²) in [7, 11) is 0. The first-order chi connectivity index (χ1) is 14.7. The van der Waals surface area contributed by atoms with E-state index in [1.54, 1.807) is 16.8 Å². The summed E-state index contributed by atoms with van der Waals surface area (Å²) in [5.74, 6) is 0.00793. The van der Waals surface area contributed by atoms with Crippen LogP contribution < -0.4 is 10.9 Å². The Morgan fingerprint density at radius 3 is 2.67 bits per heavy atom. The van der Waals surface area contributed by atoms with Crippen molar-refractivity contribution in [3.8, 4) is 0 Å². The maximum atomic E-state index is 12.8. The number of para-hydroxylation sites is 1. The maximum Gasteiger partial charge on any atom is 0.262 e. The molecule has 0 aliphatic carbocycles. The molecule has 152 valence electrons. The highest BCUT2D eigenvalue weighted by molar-refractivity contribution is 7.99. The van der Waals surface area contributed by atoms with Crippen LogP contribution in [-0.4, -0.2) is 26.2 Å². The van der Waals surface area contributed by atoms with E-state index in [0.717, 1.165) is 10.6 Å². The summed E-state index contributed by atoms with van der Waals surface area (Å²) < 4.78 is 1.61. The first kappa shape index (κ1) is 20.3. The second kappa shape index (κ2) is 9.23. The number of nitrogens with zero attached hydrogens (tertiary/aromatic N) is 3. The smallest absolute Gasteiger partial charge is 0.262 e. The van der Waals surface area contributed by atoms with Crippen LogP contribution in [0.2, 0.25) is 0 Å². The van der Waals surface area contributed by atoms with Crippen molar-refractivity contribution < 1.29 is 4.79 Å². The fraction of sp³-hybridized carbons (Fsp3) is 0.182. The zero-order valence-electron chi connectivity index (χ0n) is 16.3. The van der Waals surface area contributed by atoms with Crippen molar-refractivity contribution in [1.29, 1.82) is 0 Å². The summed E-state index contributed by atoms with van der Waals surface area (Å²) in [5, 5.41) is 6.92. The molecule has 30 heavy (non-hydrogen) atoms. The van der Waals surface area contributed by atoms with Gasteiger partial charge in [-0.3, -0.25) is 14.2 Å². The Bertz CT molecular complexity index is 1210. The number of thiazole rings is 1. The first-order valence-electron chi connectivity index (χ1n) is 9.53. The topological polar surface area (TPSA) is 76.9 Å². The molecule has 0 spiro atoms. The number of nitrogens with one attached hydrogen (secondary N) is 1. The summed E-state index contributed by atoms with van der Waals surface area (Å²) in [5.41, 5.74) is 1.52. The molecule has 2 aromatic heterocycles. The molecule has 2 aromatic carbocycles. The van der Waals surface area contributed by atoms with Gasteiger partial charge in [0.15, 0.2) is 5.16 Å². The lowest BCUT2D eigenvalue weighted by molar-refractivity contribution is -0.119. The van der Waals surface area contributed by atoms with Crippen LogP contribution in [0.3, 0.4) is 0 Å². The van der Waals surface area contributed by atoms with Crippen molar-refractivity contribution >= 4 is 39.9 Å². The summed E-state index contributed by atoms with van der Waals surface area (Å²) in [4.78, 5) is 34.5. The van der Waals surface area contributed by atoms with Gasteiger partial charge in [-0.05, 0) is 24.6 Å². The van der Waals surface area contributed by atoms with Crippen molar-refractivity contribution in [2.45, 2.75) is 24.7 Å². The molecule has 4 aromatic rings. The normalized spacial score (nSPS) is 12.0. The van der Waals surface area contributed by atoms with Crippen LogP contribution in [0.1, 0.15) is 23.5 Å². The molecular formula is C22H20N4O2S2. The average molecular weight is 437 g/mol. The second-order valence-electron chi connectivity index (χ2n) is 6.53. The minimum Gasteiger partial charge on any atom is -0.342 e. The van der Waals surface area contributed by atoms with Gasteiger partial charge in [-0.25, -0.2) is 9.97 Å². The SMILES string of the molecule is CCn1c(SCC(=O)NC(c2ccccc2)c2nccs2)nc2ccccc2c1=O. The van der Waals surface area contributed by atoms with E-state index in [2.05, 4.69) is 15.3 Å². The van der Waals surface area contributed by atoms with E-state index in [1.807, 2.05) is 60.8 Å². The minimum absolute atomic E-state index is 0.0871. The lowest BCUT2D eigenvalue weighted by Gasteiger charge is -2.17. The van der Waals surface area contributed by atoms with Crippen molar-refractivity contribution in [3.05, 3.63) is 87.1 Å². The Morgan fingerprint density at radius 1 is 1.17 bits per heavy atom. The third kappa shape index (κ3) is 4.29. The number of hydrogen-bond donors (Lipinski definition) is 1. The third-order valence-corrected chi connectivity index (χ3v) is 6.43. The van der Waals surface area contributed by atoms with Crippen molar-refractivity contribution in [2.75, 3.05) is 5.75 Å². The standard InChI is InChI=1S/C22H20N4O2S2/c1-2-26-21(28)16-10-6-7-11-17(16)24-22(26)30-14-18(27)25-19(20-23-12-13-29-20)15-8-4-3-5-9-15/h3-13,19H,2,14H2,1H3,(H,25,27). The molecule has 1 unspecified atom stereocenters. The summed E-state index contributed by atoms with van der Waals surface area (Å²) >= 11 is 2.77. The zero-order valence-corrected chi connectivity index (χ0v) is 18.0. The first-order valence-corrected chi connectivity index (χ1v) is 11.4. The summed E-state index contributed by atoms with van der Waals surface area (Å²) in [6.07, 6.45) is 1.73. The van der Waals surface area contributed by atoms with Gasteiger partial charge in [-0.15, -0.1) is 11.3 Å². The number of carbonyl (C=O) groups excluding carboxylic acids is 1. The number of carbonyl (C=O) groups is 1. The number of rotatable bonds is 7. The molecule has 0 aliphatic rings. The van der Waals surface area contributed by atoms with Crippen LogP contribution in [0.15, 0.2) is 76.1 Å². The summed E-state index contributed by atoms with van der Waals surface area (Å²) in [6, 6.07) is 16.7.